The average molecular weight is 362 g/mol. The molecule has 4 aromatic rings. The van der Waals surface area contributed by atoms with Crippen LogP contribution in [0, 0.1) is 5.92 Å². The Bertz CT molecular complexity index is 1030. The van der Waals surface area contributed by atoms with Gasteiger partial charge in [-0.15, -0.1) is 0 Å². The van der Waals surface area contributed by atoms with E-state index >= 15 is 0 Å². The SMILES string of the molecule is CC(NC(=O)[C@@H](C)[C@H](C)c1nc2ccccc2[nH]1)c1cc2cnccc2o1. The smallest absolute Gasteiger partial charge is 0.224 e. The summed E-state index contributed by atoms with van der Waals surface area (Å²) in [7, 11) is 0. The Balaban J connectivity index is 1.47. The van der Waals surface area contributed by atoms with Gasteiger partial charge >= 0.3 is 0 Å². The largest absolute Gasteiger partial charge is 0.459 e. The van der Waals surface area contributed by atoms with Crippen LogP contribution in [0.25, 0.3) is 22.0 Å². The van der Waals surface area contributed by atoms with Gasteiger partial charge in [0, 0.05) is 29.6 Å². The fraction of sp³-hybridized carbons (Fsp3) is 0.286. The molecule has 4 rings (SSSR count). The Morgan fingerprint density at radius 1 is 1.19 bits per heavy atom. The lowest BCUT2D eigenvalue weighted by Crippen LogP contribution is -2.33. The van der Waals surface area contributed by atoms with Gasteiger partial charge in [-0.25, -0.2) is 4.98 Å². The summed E-state index contributed by atoms with van der Waals surface area (Å²) < 4.78 is 5.82. The third-order valence-corrected chi connectivity index (χ3v) is 5.12. The second-order valence-electron chi connectivity index (χ2n) is 7.01. The second-order valence-corrected chi connectivity index (χ2v) is 7.01. The number of rotatable bonds is 5. The minimum atomic E-state index is -0.237. The van der Waals surface area contributed by atoms with Crippen molar-refractivity contribution in [2.24, 2.45) is 5.92 Å². The molecule has 1 unspecified atom stereocenters. The van der Waals surface area contributed by atoms with Crippen LogP contribution in [0.5, 0.6) is 0 Å². The van der Waals surface area contributed by atoms with Gasteiger partial charge in [0.15, 0.2) is 0 Å². The van der Waals surface area contributed by atoms with E-state index in [-0.39, 0.29) is 23.8 Å². The van der Waals surface area contributed by atoms with Gasteiger partial charge in [0.05, 0.1) is 17.1 Å². The van der Waals surface area contributed by atoms with Gasteiger partial charge in [-0.1, -0.05) is 26.0 Å². The van der Waals surface area contributed by atoms with Crippen LogP contribution in [-0.2, 0) is 4.79 Å². The molecule has 0 fully saturated rings. The van der Waals surface area contributed by atoms with Crippen molar-refractivity contribution in [3.63, 3.8) is 0 Å². The zero-order chi connectivity index (χ0) is 19.0. The maximum Gasteiger partial charge on any atom is 0.224 e. The van der Waals surface area contributed by atoms with E-state index in [0.717, 1.165) is 33.6 Å². The van der Waals surface area contributed by atoms with Gasteiger partial charge in [0.1, 0.15) is 17.2 Å². The van der Waals surface area contributed by atoms with E-state index in [0.29, 0.717) is 0 Å². The Morgan fingerprint density at radius 3 is 2.78 bits per heavy atom. The minimum absolute atomic E-state index is 0.0333. The van der Waals surface area contributed by atoms with Gasteiger partial charge in [-0.3, -0.25) is 9.78 Å². The summed E-state index contributed by atoms with van der Waals surface area (Å²) in [5.74, 6) is 1.23. The number of imidazole rings is 1. The standard InChI is InChI=1S/C21H22N4O2/c1-12(20-24-16-6-4-5-7-17(16)25-20)13(2)21(26)23-14(3)19-10-15-11-22-9-8-18(15)27-19/h4-14H,1-3H3,(H,23,26)(H,24,25)/t12-,13-,14?/m0/s1. The summed E-state index contributed by atoms with van der Waals surface area (Å²) in [4.78, 5) is 24.8. The van der Waals surface area contributed by atoms with Crippen molar-refractivity contribution in [1.29, 1.82) is 0 Å². The summed E-state index contributed by atoms with van der Waals surface area (Å²) in [6.45, 7) is 5.85. The van der Waals surface area contributed by atoms with Crippen LogP contribution in [-0.4, -0.2) is 20.9 Å². The molecule has 6 nitrogen and oxygen atoms in total. The molecule has 0 aliphatic rings. The van der Waals surface area contributed by atoms with Gasteiger partial charge in [0.2, 0.25) is 5.91 Å². The summed E-state index contributed by atoms with van der Waals surface area (Å²) in [6, 6.07) is 11.4. The normalized spacial score (nSPS) is 14.9. The van der Waals surface area contributed by atoms with Gasteiger partial charge in [-0.2, -0.15) is 0 Å². The van der Waals surface area contributed by atoms with Gasteiger partial charge < -0.3 is 14.7 Å². The molecule has 2 N–H and O–H groups in total. The fourth-order valence-corrected chi connectivity index (χ4v) is 3.19. The first-order chi connectivity index (χ1) is 13.0. The Labute approximate surface area is 157 Å². The topological polar surface area (TPSA) is 83.8 Å². The van der Waals surface area contributed by atoms with Crippen LogP contribution in [0.1, 0.15) is 44.3 Å². The zero-order valence-electron chi connectivity index (χ0n) is 15.6. The van der Waals surface area contributed by atoms with E-state index < -0.39 is 0 Å². The fourth-order valence-electron chi connectivity index (χ4n) is 3.19. The molecule has 0 spiro atoms. The van der Waals surface area contributed by atoms with Crippen LogP contribution in [0.3, 0.4) is 0 Å². The molecule has 138 valence electrons. The van der Waals surface area contributed by atoms with Crippen molar-refractivity contribution < 1.29 is 9.21 Å². The number of pyridine rings is 1. The number of para-hydroxylation sites is 2. The van der Waals surface area contributed by atoms with Crippen molar-refractivity contribution in [1.82, 2.24) is 20.3 Å². The van der Waals surface area contributed by atoms with E-state index in [4.69, 9.17) is 4.42 Å². The Kier molecular flexibility index (Phi) is 4.39. The molecule has 0 bridgehead atoms. The number of carbonyl (C=O) groups excluding carboxylic acids is 1. The summed E-state index contributed by atoms with van der Waals surface area (Å²) in [5.41, 5.74) is 2.66. The molecule has 6 heteroatoms. The van der Waals surface area contributed by atoms with Crippen LogP contribution in [0.4, 0.5) is 0 Å². The highest BCUT2D eigenvalue weighted by molar-refractivity contribution is 5.81. The number of nitrogens with zero attached hydrogens (tertiary/aromatic N) is 2. The molecule has 0 saturated carbocycles. The number of aromatic nitrogens is 3. The van der Waals surface area contributed by atoms with Crippen molar-refractivity contribution in [2.75, 3.05) is 0 Å². The molecule has 1 amide bonds. The highest BCUT2D eigenvalue weighted by Gasteiger charge is 2.26. The number of hydrogen-bond donors (Lipinski definition) is 2. The lowest BCUT2D eigenvalue weighted by atomic mass is 9.94. The summed E-state index contributed by atoms with van der Waals surface area (Å²) >= 11 is 0. The number of carbonyl (C=O) groups is 1. The van der Waals surface area contributed by atoms with Crippen LogP contribution in [0.15, 0.2) is 53.2 Å². The Hall–Kier alpha value is -3.15. The van der Waals surface area contributed by atoms with Crippen LogP contribution < -0.4 is 5.32 Å². The van der Waals surface area contributed by atoms with Gasteiger partial charge in [0.25, 0.3) is 0 Å². The summed E-state index contributed by atoms with van der Waals surface area (Å²) in [5, 5.41) is 3.97. The predicted octanol–water partition coefficient (Wildman–Crippen LogP) is 4.32. The molecule has 1 aromatic carbocycles. The lowest BCUT2D eigenvalue weighted by Gasteiger charge is -2.20. The lowest BCUT2D eigenvalue weighted by molar-refractivity contribution is -0.125. The highest BCUT2D eigenvalue weighted by Crippen LogP contribution is 2.26. The molecule has 0 aliphatic heterocycles. The molecule has 27 heavy (non-hydrogen) atoms. The third-order valence-electron chi connectivity index (χ3n) is 5.12. The number of furan rings is 1. The predicted molar refractivity (Wildman–Crippen MR) is 104 cm³/mol. The number of nitrogens with one attached hydrogen (secondary N) is 2. The van der Waals surface area contributed by atoms with Crippen LogP contribution >= 0.6 is 0 Å². The quantitative estimate of drug-likeness (QED) is 0.554. The number of benzene rings is 1. The maximum absolute atomic E-state index is 12.8. The average Bonchev–Trinajstić information content (AvgIpc) is 3.30. The molecular formula is C21H22N4O2. The minimum Gasteiger partial charge on any atom is -0.459 e. The number of amides is 1. The molecule has 0 radical (unpaired) electrons. The first kappa shape index (κ1) is 17.3. The summed E-state index contributed by atoms with van der Waals surface area (Å²) in [6.07, 6.45) is 3.44. The number of aromatic amines is 1. The molecular weight excluding hydrogens is 340 g/mol. The number of hydrogen-bond acceptors (Lipinski definition) is 4. The van der Waals surface area contributed by atoms with E-state index in [2.05, 4.69) is 20.3 Å². The van der Waals surface area contributed by atoms with Gasteiger partial charge in [-0.05, 0) is 31.2 Å². The molecule has 3 heterocycles. The van der Waals surface area contributed by atoms with Crippen molar-refractivity contribution in [3.05, 3.63) is 60.4 Å². The zero-order valence-corrected chi connectivity index (χ0v) is 15.6. The van der Waals surface area contributed by atoms with E-state index in [9.17, 15) is 4.79 Å². The molecule has 3 atom stereocenters. The van der Waals surface area contributed by atoms with E-state index in [1.165, 1.54) is 0 Å². The second kappa shape index (κ2) is 6.87. The first-order valence-corrected chi connectivity index (χ1v) is 9.11. The Morgan fingerprint density at radius 2 is 2.00 bits per heavy atom. The monoisotopic (exact) mass is 362 g/mol. The highest BCUT2D eigenvalue weighted by atomic mass is 16.3. The van der Waals surface area contributed by atoms with Crippen LogP contribution in [0.2, 0.25) is 0 Å². The molecule has 0 saturated heterocycles. The number of H-pyrrole nitrogens is 1. The van der Waals surface area contributed by atoms with E-state index in [1.54, 1.807) is 12.4 Å². The third kappa shape index (κ3) is 3.30. The van der Waals surface area contributed by atoms with E-state index in [1.807, 2.05) is 57.2 Å². The first-order valence-electron chi connectivity index (χ1n) is 9.11. The van der Waals surface area contributed by atoms with Crippen molar-refractivity contribution in [2.45, 2.75) is 32.7 Å². The van der Waals surface area contributed by atoms with Crippen molar-refractivity contribution in [3.8, 4) is 0 Å². The van der Waals surface area contributed by atoms with Crippen molar-refractivity contribution >= 4 is 27.9 Å². The molecule has 0 aliphatic carbocycles. The maximum atomic E-state index is 12.8. The number of fused-ring (bicyclic) bond motifs is 2. The molecule has 3 aromatic heterocycles.